The summed E-state index contributed by atoms with van der Waals surface area (Å²) in [5, 5.41) is 3.53. The standard InChI is InChI=1S/C16H30N2O2S/c1-16(2,3)17-12-14-6-7-15(21-14)13-18(8-10-19-4)9-11-20-5/h6-7,17H,8-13H2,1-5H3. The third-order valence-corrected chi connectivity index (χ3v) is 4.18. The Hall–Kier alpha value is -0.460. The highest BCUT2D eigenvalue weighted by Crippen LogP contribution is 2.19. The summed E-state index contributed by atoms with van der Waals surface area (Å²) >= 11 is 1.88. The van der Waals surface area contributed by atoms with E-state index in [2.05, 4.69) is 43.1 Å². The molecule has 5 heteroatoms. The van der Waals surface area contributed by atoms with Gasteiger partial charge in [-0.15, -0.1) is 11.3 Å². The van der Waals surface area contributed by atoms with Crippen LogP contribution in [0.15, 0.2) is 12.1 Å². The van der Waals surface area contributed by atoms with Crippen LogP contribution in [0.3, 0.4) is 0 Å². The van der Waals surface area contributed by atoms with E-state index in [0.29, 0.717) is 0 Å². The lowest BCUT2D eigenvalue weighted by atomic mass is 10.1. The molecular weight excluding hydrogens is 284 g/mol. The van der Waals surface area contributed by atoms with Crippen LogP contribution in [0, 0.1) is 0 Å². The molecule has 0 atom stereocenters. The van der Waals surface area contributed by atoms with E-state index in [1.807, 2.05) is 11.3 Å². The lowest BCUT2D eigenvalue weighted by molar-refractivity contribution is 0.111. The van der Waals surface area contributed by atoms with Crippen molar-refractivity contribution in [1.82, 2.24) is 10.2 Å². The van der Waals surface area contributed by atoms with Crippen LogP contribution in [0.5, 0.6) is 0 Å². The Balaban J connectivity index is 2.49. The number of nitrogens with one attached hydrogen (secondary N) is 1. The van der Waals surface area contributed by atoms with Crippen LogP contribution in [0.2, 0.25) is 0 Å². The highest BCUT2D eigenvalue weighted by molar-refractivity contribution is 7.11. The quantitative estimate of drug-likeness (QED) is 0.720. The largest absolute Gasteiger partial charge is 0.383 e. The second-order valence-corrected chi connectivity index (χ2v) is 7.49. The molecule has 1 aromatic heterocycles. The average Bonchev–Trinajstić information content (AvgIpc) is 2.86. The Kier molecular flexibility index (Phi) is 8.44. The number of hydrogen-bond donors (Lipinski definition) is 1. The zero-order chi connectivity index (χ0) is 15.7. The molecule has 1 heterocycles. The van der Waals surface area contributed by atoms with Gasteiger partial charge in [0.25, 0.3) is 0 Å². The Morgan fingerprint density at radius 1 is 1.05 bits per heavy atom. The molecule has 0 bridgehead atoms. The van der Waals surface area contributed by atoms with Crippen LogP contribution >= 0.6 is 11.3 Å². The monoisotopic (exact) mass is 314 g/mol. The van der Waals surface area contributed by atoms with Crippen molar-refractivity contribution in [2.24, 2.45) is 0 Å². The summed E-state index contributed by atoms with van der Waals surface area (Å²) in [6.45, 7) is 11.9. The van der Waals surface area contributed by atoms with E-state index in [1.165, 1.54) is 9.75 Å². The van der Waals surface area contributed by atoms with E-state index in [-0.39, 0.29) is 5.54 Å². The van der Waals surface area contributed by atoms with Gasteiger partial charge in [0.2, 0.25) is 0 Å². The third kappa shape index (κ3) is 8.53. The number of rotatable bonds is 10. The van der Waals surface area contributed by atoms with Gasteiger partial charge in [0.1, 0.15) is 0 Å². The van der Waals surface area contributed by atoms with E-state index in [0.717, 1.165) is 39.4 Å². The maximum atomic E-state index is 5.18. The minimum atomic E-state index is 0.160. The molecule has 0 aliphatic carbocycles. The zero-order valence-corrected chi connectivity index (χ0v) is 14.9. The van der Waals surface area contributed by atoms with Gasteiger partial charge in [-0.2, -0.15) is 0 Å². The lowest BCUT2D eigenvalue weighted by Crippen LogP contribution is -2.34. The molecule has 0 unspecified atom stereocenters. The Bertz CT molecular complexity index is 380. The van der Waals surface area contributed by atoms with Gasteiger partial charge in [0, 0.05) is 55.7 Å². The number of thiophene rings is 1. The molecule has 1 aromatic rings. The summed E-state index contributed by atoms with van der Waals surface area (Å²) in [6, 6.07) is 4.46. The molecule has 1 rings (SSSR count). The molecular formula is C16H30N2O2S. The summed E-state index contributed by atoms with van der Waals surface area (Å²) in [5.41, 5.74) is 0.160. The van der Waals surface area contributed by atoms with E-state index < -0.39 is 0 Å². The smallest absolute Gasteiger partial charge is 0.0589 e. The zero-order valence-electron chi connectivity index (χ0n) is 14.1. The molecule has 0 saturated heterocycles. The number of hydrogen-bond acceptors (Lipinski definition) is 5. The van der Waals surface area contributed by atoms with Gasteiger partial charge in [0.05, 0.1) is 13.2 Å². The van der Waals surface area contributed by atoms with Crippen LogP contribution < -0.4 is 5.32 Å². The highest BCUT2D eigenvalue weighted by Gasteiger charge is 2.11. The first-order valence-electron chi connectivity index (χ1n) is 7.47. The molecule has 0 aliphatic heterocycles. The summed E-state index contributed by atoms with van der Waals surface area (Å²) in [5.74, 6) is 0. The van der Waals surface area contributed by atoms with Crippen LogP contribution in [-0.2, 0) is 22.6 Å². The van der Waals surface area contributed by atoms with Gasteiger partial charge in [-0.3, -0.25) is 4.90 Å². The van der Waals surface area contributed by atoms with Gasteiger partial charge in [-0.05, 0) is 32.9 Å². The molecule has 0 radical (unpaired) electrons. The first kappa shape index (κ1) is 18.6. The normalized spacial score (nSPS) is 12.3. The predicted molar refractivity (Wildman–Crippen MR) is 89.9 cm³/mol. The molecule has 0 aromatic carbocycles. The minimum Gasteiger partial charge on any atom is -0.383 e. The number of nitrogens with zero attached hydrogens (tertiary/aromatic N) is 1. The maximum Gasteiger partial charge on any atom is 0.0589 e. The minimum absolute atomic E-state index is 0.160. The van der Waals surface area contributed by atoms with Crippen molar-refractivity contribution < 1.29 is 9.47 Å². The molecule has 0 fully saturated rings. The molecule has 0 amide bonds. The van der Waals surface area contributed by atoms with E-state index >= 15 is 0 Å². The molecule has 21 heavy (non-hydrogen) atoms. The van der Waals surface area contributed by atoms with Gasteiger partial charge < -0.3 is 14.8 Å². The van der Waals surface area contributed by atoms with E-state index in [4.69, 9.17) is 9.47 Å². The first-order chi connectivity index (χ1) is 9.94. The molecule has 0 aliphatic rings. The Morgan fingerprint density at radius 2 is 1.62 bits per heavy atom. The Labute approximate surface area is 133 Å². The van der Waals surface area contributed by atoms with Crippen molar-refractivity contribution in [2.45, 2.75) is 39.4 Å². The molecule has 0 saturated carbocycles. The predicted octanol–water partition coefficient (Wildman–Crippen LogP) is 2.73. The maximum absolute atomic E-state index is 5.18. The van der Waals surface area contributed by atoms with Crippen LogP contribution in [0.4, 0.5) is 0 Å². The summed E-state index contributed by atoms with van der Waals surface area (Å²) < 4.78 is 10.4. The fraction of sp³-hybridized carbons (Fsp3) is 0.750. The van der Waals surface area contributed by atoms with Gasteiger partial charge >= 0.3 is 0 Å². The topological polar surface area (TPSA) is 33.7 Å². The Morgan fingerprint density at radius 3 is 2.14 bits per heavy atom. The van der Waals surface area contributed by atoms with Crippen molar-refractivity contribution in [2.75, 3.05) is 40.5 Å². The van der Waals surface area contributed by atoms with Crippen LogP contribution in [0.1, 0.15) is 30.5 Å². The molecule has 0 spiro atoms. The second-order valence-electron chi connectivity index (χ2n) is 6.23. The van der Waals surface area contributed by atoms with Gasteiger partial charge in [-0.25, -0.2) is 0 Å². The fourth-order valence-corrected chi connectivity index (χ4v) is 2.89. The first-order valence-corrected chi connectivity index (χ1v) is 8.29. The number of ether oxygens (including phenoxy) is 2. The molecule has 122 valence electrons. The lowest BCUT2D eigenvalue weighted by Gasteiger charge is -2.21. The summed E-state index contributed by atoms with van der Waals surface area (Å²) in [4.78, 5) is 5.16. The SMILES string of the molecule is COCCN(CCOC)Cc1ccc(CNC(C)(C)C)s1. The fourth-order valence-electron chi connectivity index (χ4n) is 1.89. The number of methoxy groups -OCH3 is 2. The third-order valence-electron chi connectivity index (χ3n) is 3.11. The van der Waals surface area contributed by atoms with Crippen molar-refractivity contribution in [3.8, 4) is 0 Å². The van der Waals surface area contributed by atoms with Gasteiger partial charge in [0.15, 0.2) is 0 Å². The van der Waals surface area contributed by atoms with Crippen molar-refractivity contribution >= 4 is 11.3 Å². The molecule has 4 nitrogen and oxygen atoms in total. The van der Waals surface area contributed by atoms with Gasteiger partial charge in [-0.1, -0.05) is 0 Å². The van der Waals surface area contributed by atoms with Crippen molar-refractivity contribution in [3.63, 3.8) is 0 Å². The summed E-state index contributed by atoms with van der Waals surface area (Å²) in [6.07, 6.45) is 0. The highest BCUT2D eigenvalue weighted by atomic mass is 32.1. The summed E-state index contributed by atoms with van der Waals surface area (Å²) in [7, 11) is 3.49. The van der Waals surface area contributed by atoms with Crippen LogP contribution in [-0.4, -0.2) is 51.0 Å². The van der Waals surface area contributed by atoms with Crippen LogP contribution in [0.25, 0.3) is 0 Å². The van der Waals surface area contributed by atoms with Crippen molar-refractivity contribution in [3.05, 3.63) is 21.9 Å². The average molecular weight is 314 g/mol. The second kappa shape index (κ2) is 9.54. The van der Waals surface area contributed by atoms with Crippen molar-refractivity contribution in [1.29, 1.82) is 0 Å². The van der Waals surface area contributed by atoms with E-state index in [1.54, 1.807) is 14.2 Å². The van der Waals surface area contributed by atoms with E-state index in [9.17, 15) is 0 Å². The molecule has 1 N–H and O–H groups in total.